The Labute approximate surface area is 123 Å². The molecular weight excluding hydrogens is 332 g/mol. The minimum absolute atomic E-state index is 0.156. The molecule has 0 unspecified atom stereocenters. The standard InChI is InChI=1S/C13H12BrClN2O2/c14-8-5-9(15)10-11(18)16-13(17(10)12(8)19)6-1-2-7(13)4-3-6/h5-7H,1-4H2,(H,16,18). The Morgan fingerprint density at radius 2 is 1.84 bits per heavy atom. The molecule has 1 spiro atoms. The van der Waals surface area contributed by atoms with E-state index in [-0.39, 0.29) is 11.5 Å². The second-order valence-electron chi connectivity index (χ2n) is 5.66. The molecule has 0 atom stereocenters. The van der Waals surface area contributed by atoms with Crippen molar-refractivity contribution in [3.63, 3.8) is 0 Å². The van der Waals surface area contributed by atoms with Crippen LogP contribution in [0.25, 0.3) is 0 Å². The van der Waals surface area contributed by atoms with E-state index in [2.05, 4.69) is 21.2 Å². The van der Waals surface area contributed by atoms with Gasteiger partial charge >= 0.3 is 0 Å². The van der Waals surface area contributed by atoms with Crippen LogP contribution in [-0.2, 0) is 5.66 Å². The number of fused-ring (bicyclic) bond motifs is 1. The molecule has 1 aromatic rings. The molecule has 1 amide bonds. The molecule has 2 aliphatic carbocycles. The monoisotopic (exact) mass is 342 g/mol. The number of halogens is 2. The van der Waals surface area contributed by atoms with Gasteiger partial charge in [0.15, 0.2) is 0 Å². The van der Waals surface area contributed by atoms with Crippen LogP contribution in [0, 0.1) is 11.8 Å². The first kappa shape index (κ1) is 12.0. The third-order valence-electron chi connectivity index (χ3n) is 4.98. The summed E-state index contributed by atoms with van der Waals surface area (Å²) in [6.45, 7) is 0. The van der Waals surface area contributed by atoms with Gasteiger partial charge in [0.25, 0.3) is 11.5 Å². The van der Waals surface area contributed by atoms with Gasteiger partial charge in [-0.2, -0.15) is 0 Å². The number of aromatic nitrogens is 1. The maximum atomic E-state index is 12.5. The molecule has 2 bridgehead atoms. The smallest absolute Gasteiger partial charge is 0.271 e. The van der Waals surface area contributed by atoms with E-state index < -0.39 is 5.66 Å². The van der Waals surface area contributed by atoms with Crippen LogP contribution in [0.1, 0.15) is 36.2 Å². The van der Waals surface area contributed by atoms with E-state index in [1.807, 2.05) is 0 Å². The predicted molar refractivity (Wildman–Crippen MR) is 74.3 cm³/mol. The van der Waals surface area contributed by atoms with Gasteiger partial charge in [-0.25, -0.2) is 0 Å². The molecule has 2 fully saturated rings. The van der Waals surface area contributed by atoms with Crippen LogP contribution in [0.4, 0.5) is 0 Å². The summed E-state index contributed by atoms with van der Waals surface area (Å²) in [6.07, 6.45) is 4.28. The van der Waals surface area contributed by atoms with Crippen molar-refractivity contribution < 1.29 is 4.79 Å². The van der Waals surface area contributed by atoms with Gasteiger partial charge in [-0.15, -0.1) is 0 Å². The van der Waals surface area contributed by atoms with E-state index in [9.17, 15) is 9.59 Å². The molecule has 1 aromatic heterocycles. The summed E-state index contributed by atoms with van der Waals surface area (Å²) in [7, 11) is 0. The second kappa shape index (κ2) is 3.64. The van der Waals surface area contributed by atoms with E-state index in [4.69, 9.17) is 11.6 Å². The van der Waals surface area contributed by atoms with Crippen LogP contribution >= 0.6 is 27.5 Å². The Morgan fingerprint density at radius 3 is 2.42 bits per heavy atom. The number of carbonyl (C=O) groups excluding carboxylic acids is 1. The van der Waals surface area contributed by atoms with Crippen LogP contribution in [0.3, 0.4) is 0 Å². The summed E-state index contributed by atoms with van der Waals surface area (Å²) in [4.78, 5) is 24.8. The average Bonchev–Trinajstić information content (AvgIpc) is 2.99. The topological polar surface area (TPSA) is 51.1 Å². The van der Waals surface area contributed by atoms with Crippen molar-refractivity contribution in [2.24, 2.45) is 11.8 Å². The lowest BCUT2D eigenvalue weighted by Gasteiger charge is -2.32. The van der Waals surface area contributed by atoms with Gasteiger partial charge in [-0.3, -0.25) is 14.2 Å². The van der Waals surface area contributed by atoms with Crippen molar-refractivity contribution in [1.82, 2.24) is 9.88 Å². The Morgan fingerprint density at radius 1 is 1.26 bits per heavy atom. The van der Waals surface area contributed by atoms with Crippen LogP contribution in [-0.4, -0.2) is 10.5 Å². The normalized spacial score (nSPS) is 34.9. The third kappa shape index (κ3) is 1.26. The molecule has 1 N–H and O–H groups in total. The van der Waals surface area contributed by atoms with Crippen molar-refractivity contribution in [2.45, 2.75) is 31.3 Å². The average molecular weight is 344 g/mol. The SMILES string of the molecule is O=C1NC2(C3CCC2CC3)n2c1c(Cl)cc(Br)c2=O. The Hall–Kier alpha value is -0.810. The molecule has 0 radical (unpaired) electrons. The molecule has 6 heteroatoms. The van der Waals surface area contributed by atoms with Crippen molar-refractivity contribution in [1.29, 1.82) is 0 Å². The van der Waals surface area contributed by atoms with Gasteiger partial charge in [-0.05, 0) is 47.7 Å². The summed E-state index contributed by atoms with van der Waals surface area (Å²) >= 11 is 9.42. The number of rotatable bonds is 0. The number of hydrogen-bond acceptors (Lipinski definition) is 2. The molecule has 1 aliphatic heterocycles. The fraction of sp³-hybridized carbons (Fsp3) is 0.538. The van der Waals surface area contributed by atoms with E-state index in [1.54, 1.807) is 4.57 Å². The number of carbonyl (C=O) groups is 1. The van der Waals surface area contributed by atoms with Crippen molar-refractivity contribution in [3.8, 4) is 0 Å². The highest BCUT2D eigenvalue weighted by atomic mass is 79.9. The fourth-order valence-corrected chi connectivity index (χ4v) is 5.11. The number of nitrogens with zero attached hydrogens (tertiary/aromatic N) is 1. The molecule has 100 valence electrons. The van der Waals surface area contributed by atoms with E-state index in [0.717, 1.165) is 25.7 Å². The zero-order chi connectivity index (χ0) is 13.4. The lowest BCUT2D eigenvalue weighted by atomic mass is 9.98. The summed E-state index contributed by atoms with van der Waals surface area (Å²) < 4.78 is 2.06. The summed E-state index contributed by atoms with van der Waals surface area (Å²) in [5, 5.41) is 3.42. The van der Waals surface area contributed by atoms with Crippen LogP contribution < -0.4 is 10.9 Å². The molecule has 4 rings (SSSR count). The van der Waals surface area contributed by atoms with E-state index >= 15 is 0 Å². The van der Waals surface area contributed by atoms with Crippen molar-refractivity contribution >= 4 is 33.4 Å². The van der Waals surface area contributed by atoms with E-state index in [0.29, 0.717) is 27.0 Å². The number of hydrogen-bond donors (Lipinski definition) is 1. The maximum absolute atomic E-state index is 12.5. The maximum Gasteiger partial charge on any atom is 0.271 e. The fourth-order valence-electron chi connectivity index (χ4n) is 4.29. The van der Waals surface area contributed by atoms with Gasteiger partial charge in [-0.1, -0.05) is 11.6 Å². The minimum Gasteiger partial charge on any atom is -0.327 e. The highest BCUT2D eigenvalue weighted by Gasteiger charge is 2.61. The Kier molecular flexibility index (Phi) is 2.29. The van der Waals surface area contributed by atoms with Crippen LogP contribution in [0.15, 0.2) is 15.3 Å². The lowest BCUT2D eigenvalue weighted by molar-refractivity contribution is 0.0869. The van der Waals surface area contributed by atoms with Gasteiger partial charge in [0.1, 0.15) is 11.4 Å². The summed E-state index contributed by atoms with van der Waals surface area (Å²) in [6, 6.07) is 1.52. The van der Waals surface area contributed by atoms with Gasteiger partial charge < -0.3 is 5.32 Å². The first-order chi connectivity index (χ1) is 9.05. The summed E-state index contributed by atoms with van der Waals surface area (Å²) in [5.74, 6) is 0.491. The Bertz CT molecular complexity index is 649. The lowest BCUT2D eigenvalue weighted by Crippen LogP contribution is -2.51. The molecule has 0 saturated heterocycles. The van der Waals surface area contributed by atoms with Crippen molar-refractivity contribution in [3.05, 3.63) is 31.6 Å². The first-order valence-electron chi connectivity index (χ1n) is 6.49. The number of pyridine rings is 1. The minimum atomic E-state index is -0.517. The van der Waals surface area contributed by atoms with Crippen LogP contribution in [0.5, 0.6) is 0 Å². The van der Waals surface area contributed by atoms with E-state index in [1.165, 1.54) is 6.07 Å². The highest BCUT2D eigenvalue weighted by molar-refractivity contribution is 9.10. The van der Waals surface area contributed by atoms with Crippen molar-refractivity contribution in [2.75, 3.05) is 0 Å². The van der Waals surface area contributed by atoms with Gasteiger partial charge in [0, 0.05) is 11.8 Å². The first-order valence-corrected chi connectivity index (χ1v) is 7.67. The zero-order valence-electron chi connectivity index (χ0n) is 10.1. The largest absolute Gasteiger partial charge is 0.327 e. The van der Waals surface area contributed by atoms with Crippen LogP contribution in [0.2, 0.25) is 5.02 Å². The molecule has 2 saturated carbocycles. The van der Waals surface area contributed by atoms with Gasteiger partial charge in [0.2, 0.25) is 0 Å². The van der Waals surface area contributed by atoms with Gasteiger partial charge in [0.05, 0.1) is 9.50 Å². The molecule has 3 aliphatic rings. The number of nitrogens with one attached hydrogen (secondary N) is 1. The highest BCUT2D eigenvalue weighted by Crippen LogP contribution is 2.56. The number of amides is 1. The second-order valence-corrected chi connectivity index (χ2v) is 6.92. The third-order valence-corrected chi connectivity index (χ3v) is 5.84. The summed E-state index contributed by atoms with van der Waals surface area (Å²) in [5.41, 5.74) is -0.345. The molecule has 0 aromatic carbocycles. The molecule has 2 heterocycles. The Balaban J connectivity index is 2.09. The molecule has 4 nitrogen and oxygen atoms in total. The molecule has 19 heavy (non-hydrogen) atoms. The zero-order valence-corrected chi connectivity index (χ0v) is 12.4. The molecular formula is C13H12BrClN2O2. The predicted octanol–water partition coefficient (Wildman–Crippen LogP) is 2.48. The quantitative estimate of drug-likeness (QED) is 0.787.